The minimum atomic E-state index is -0.119. The fourth-order valence-corrected chi connectivity index (χ4v) is 2.39. The largest absolute Gasteiger partial charge is 0.469 e. The van der Waals surface area contributed by atoms with Crippen LogP contribution in [0.3, 0.4) is 0 Å². The van der Waals surface area contributed by atoms with Crippen molar-refractivity contribution in [1.82, 2.24) is 0 Å². The lowest BCUT2D eigenvalue weighted by atomic mass is 9.95. The Kier molecular flexibility index (Phi) is 4.20. The van der Waals surface area contributed by atoms with Crippen LogP contribution in [0.2, 0.25) is 0 Å². The summed E-state index contributed by atoms with van der Waals surface area (Å²) in [7, 11) is 1.45. The number of rotatable bonds is 4. The second-order valence-electron chi connectivity index (χ2n) is 5.02. The number of benzene rings is 2. The average Bonchev–Trinajstić information content (AvgIpc) is 2.44. The third-order valence-corrected chi connectivity index (χ3v) is 3.57. The predicted octanol–water partition coefficient (Wildman–Crippen LogP) is 3.89. The minimum Gasteiger partial charge on any atom is -0.469 e. The van der Waals surface area contributed by atoms with E-state index in [-0.39, 0.29) is 11.9 Å². The normalized spacial score (nSPS) is 12.4. The lowest BCUT2D eigenvalue weighted by Gasteiger charge is -2.12. The number of carbonyl (C=O) groups is 1. The Morgan fingerprint density at radius 3 is 2.53 bits per heavy atom. The maximum atomic E-state index is 11.6. The van der Waals surface area contributed by atoms with Gasteiger partial charge in [0, 0.05) is 0 Å². The number of methoxy groups -OCH3 is 1. The topological polar surface area (TPSA) is 26.3 Å². The van der Waals surface area contributed by atoms with Crippen LogP contribution in [0.25, 0.3) is 10.8 Å². The first-order chi connectivity index (χ1) is 9.13. The van der Waals surface area contributed by atoms with Crippen LogP contribution in [0.15, 0.2) is 36.4 Å². The first-order valence-electron chi connectivity index (χ1n) is 6.71. The molecule has 100 valence electrons. The third-order valence-electron chi connectivity index (χ3n) is 3.57. The van der Waals surface area contributed by atoms with E-state index in [1.54, 1.807) is 0 Å². The van der Waals surface area contributed by atoms with Crippen LogP contribution in [0.1, 0.15) is 24.5 Å². The molecular weight excluding hydrogens is 236 g/mol. The highest BCUT2D eigenvalue weighted by atomic mass is 16.5. The molecule has 1 atom stereocenters. The van der Waals surface area contributed by atoms with E-state index in [0.29, 0.717) is 0 Å². The Morgan fingerprint density at radius 1 is 1.16 bits per heavy atom. The lowest BCUT2D eigenvalue weighted by Crippen LogP contribution is -2.17. The van der Waals surface area contributed by atoms with E-state index in [1.165, 1.54) is 29.0 Å². The summed E-state index contributed by atoms with van der Waals surface area (Å²) in [4.78, 5) is 11.6. The molecule has 2 aromatic carbocycles. The molecule has 0 bridgehead atoms. The molecule has 0 aliphatic rings. The zero-order valence-corrected chi connectivity index (χ0v) is 11.8. The number of carbonyl (C=O) groups excluding carboxylic acids is 1. The number of fused-ring (bicyclic) bond motifs is 1. The van der Waals surface area contributed by atoms with Crippen molar-refractivity contribution in [2.75, 3.05) is 7.11 Å². The number of hydrogen-bond donors (Lipinski definition) is 0. The Bertz CT molecular complexity index is 587. The SMILES string of the molecule is CCC(Cc1ccc2cc(C)ccc2c1)C(=O)OC. The van der Waals surface area contributed by atoms with Gasteiger partial charge in [0.1, 0.15) is 0 Å². The Morgan fingerprint density at radius 2 is 1.84 bits per heavy atom. The molecule has 0 heterocycles. The zero-order chi connectivity index (χ0) is 13.8. The number of esters is 1. The van der Waals surface area contributed by atoms with Gasteiger partial charge < -0.3 is 4.74 Å². The van der Waals surface area contributed by atoms with Crippen LogP contribution in [0, 0.1) is 12.8 Å². The van der Waals surface area contributed by atoms with Gasteiger partial charge in [-0.05, 0) is 36.1 Å². The van der Waals surface area contributed by atoms with Crippen LogP contribution in [0.4, 0.5) is 0 Å². The van der Waals surface area contributed by atoms with Gasteiger partial charge in [0.2, 0.25) is 0 Å². The van der Waals surface area contributed by atoms with Crippen molar-refractivity contribution in [3.05, 3.63) is 47.5 Å². The molecule has 2 aromatic rings. The van der Waals surface area contributed by atoms with Gasteiger partial charge in [-0.1, -0.05) is 48.9 Å². The van der Waals surface area contributed by atoms with E-state index in [1.807, 2.05) is 6.92 Å². The highest BCUT2D eigenvalue weighted by molar-refractivity contribution is 5.84. The maximum absolute atomic E-state index is 11.6. The van der Waals surface area contributed by atoms with Crippen LogP contribution < -0.4 is 0 Å². The molecule has 0 saturated carbocycles. The highest BCUT2D eigenvalue weighted by Gasteiger charge is 2.17. The average molecular weight is 256 g/mol. The molecule has 0 fully saturated rings. The van der Waals surface area contributed by atoms with Gasteiger partial charge in [0.05, 0.1) is 13.0 Å². The van der Waals surface area contributed by atoms with Crippen molar-refractivity contribution in [2.24, 2.45) is 5.92 Å². The standard InChI is InChI=1S/C17H20O2/c1-4-14(17(18)19-3)10-13-6-8-15-9-12(2)5-7-16(15)11-13/h5-9,11,14H,4,10H2,1-3H3. The Hall–Kier alpha value is -1.83. The van der Waals surface area contributed by atoms with E-state index in [4.69, 9.17) is 4.74 Å². The van der Waals surface area contributed by atoms with Gasteiger partial charge in [-0.15, -0.1) is 0 Å². The summed E-state index contributed by atoms with van der Waals surface area (Å²) < 4.78 is 4.84. The molecule has 0 aromatic heterocycles. The van der Waals surface area contributed by atoms with Gasteiger partial charge in [-0.25, -0.2) is 0 Å². The first-order valence-corrected chi connectivity index (χ1v) is 6.71. The van der Waals surface area contributed by atoms with E-state index in [9.17, 15) is 4.79 Å². The van der Waals surface area contributed by atoms with Gasteiger partial charge in [0.15, 0.2) is 0 Å². The van der Waals surface area contributed by atoms with E-state index >= 15 is 0 Å². The summed E-state index contributed by atoms with van der Waals surface area (Å²) in [5.74, 6) is -0.167. The molecule has 2 heteroatoms. The summed E-state index contributed by atoms with van der Waals surface area (Å²) in [6, 6.07) is 12.8. The van der Waals surface area contributed by atoms with Crippen molar-refractivity contribution in [3.63, 3.8) is 0 Å². The molecule has 0 saturated heterocycles. The van der Waals surface area contributed by atoms with Gasteiger partial charge in [-0.2, -0.15) is 0 Å². The summed E-state index contributed by atoms with van der Waals surface area (Å²) in [5, 5.41) is 2.47. The van der Waals surface area contributed by atoms with Gasteiger partial charge in [-0.3, -0.25) is 4.79 Å². The van der Waals surface area contributed by atoms with Crippen LogP contribution in [-0.2, 0) is 16.0 Å². The maximum Gasteiger partial charge on any atom is 0.308 e. The second-order valence-corrected chi connectivity index (χ2v) is 5.02. The summed E-state index contributed by atoms with van der Waals surface area (Å²) >= 11 is 0. The number of hydrogen-bond acceptors (Lipinski definition) is 2. The Balaban J connectivity index is 2.26. The fraction of sp³-hybridized carbons (Fsp3) is 0.353. The van der Waals surface area contributed by atoms with Crippen molar-refractivity contribution >= 4 is 16.7 Å². The highest BCUT2D eigenvalue weighted by Crippen LogP contribution is 2.21. The molecule has 19 heavy (non-hydrogen) atoms. The molecule has 0 N–H and O–H groups in total. The van der Waals surface area contributed by atoms with Crippen molar-refractivity contribution in [1.29, 1.82) is 0 Å². The molecule has 0 aliphatic carbocycles. The van der Waals surface area contributed by atoms with Crippen molar-refractivity contribution < 1.29 is 9.53 Å². The third kappa shape index (κ3) is 3.14. The van der Waals surface area contributed by atoms with Crippen LogP contribution >= 0.6 is 0 Å². The number of ether oxygens (including phenoxy) is 1. The molecule has 0 amide bonds. The monoisotopic (exact) mass is 256 g/mol. The molecular formula is C17H20O2. The first kappa shape index (κ1) is 13.6. The fourth-order valence-electron chi connectivity index (χ4n) is 2.39. The van der Waals surface area contributed by atoms with Gasteiger partial charge in [0.25, 0.3) is 0 Å². The number of aryl methyl sites for hydroxylation is 1. The van der Waals surface area contributed by atoms with Crippen molar-refractivity contribution in [2.45, 2.75) is 26.7 Å². The van der Waals surface area contributed by atoms with Crippen LogP contribution in [0.5, 0.6) is 0 Å². The summed E-state index contributed by atoms with van der Waals surface area (Å²) in [6.07, 6.45) is 1.55. The summed E-state index contributed by atoms with van der Waals surface area (Å²) in [5.41, 5.74) is 2.45. The lowest BCUT2D eigenvalue weighted by molar-refractivity contribution is -0.145. The quantitative estimate of drug-likeness (QED) is 0.776. The van der Waals surface area contributed by atoms with Gasteiger partial charge >= 0.3 is 5.97 Å². The smallest absolute Gasteiger partial charge is 0.308 e. The molecule has 0 radical (unpaired) electrons. The molecule has 2 nitrogen and oxygen atoms in total. The molecule has 0 spiro atoms. The van der Waals surface area contributed by atoms with Crippen LogP contribution in [-0.4, -0.2) is 13.1 Å². The zero-order valence-electron chi connectivity index (χ0n) is 11.8. The second kappa shape index (κ2) is 5.87. The van der Waals surface area contributed by atoms with Crippen molar-refractivity contribution in [3.8, 4) is 0 Å². The minimum absolute atomic E-state index is 0.0482. The molecule has 2 rings (SSSR count). The summed E-state index contributed by atoms with van der Waals surface area (Å²) in [6.45, 7) is 4.11. The van der Waals surface area contributed by atoms with E-state index < -0.39 is 0 Å². The van der Waals surface area contributed by atoms with E-state index in [2.05, 4.69) is 43.3 Å². The molecule has 1 unspecified atom stereocenters. The molecule has 0 aliphatic heterocycles. The van der Waals surface area contributed by atoms with E-state index in [0.717, 1.165) is 12.8 Å². The predicted molar refractivity (Wildman–Crippen MR) is 78.2 cm³/mol. The Labute approximate surface area is 114 Å².